The van der Waals surface area contributed by atoms with Crippen molar-refractivity contribution in [2.45, 2.75) is 0 Å². The zero-order valence-corrected chi connectivity index (χ0v) is 22.4. The van der Waals surface area contributed by atoms with Crippen molar-refractivity contribution in [2.75, 3.05) is 0 Å². The summed E-state index contributed by atoms with van der Waals surface area (Å²) in [7, 11) is 0. The fraction of sp³-hybridized carbons (Fsp3) is 0. The van der Waals surface area contributed by atoms with E-state index in [1.807, 2.05) is 30.3 Å². The number of nitriles is 1. The SMILES string of the molecule is [C-]#[N+]c1cccc(C#N)c1-c1ccc2c(c1)c1cc3oc4ccccc4c3cc1n2-c1cccc(-c2ccccc2)c1. The summed E-state index contributed by atoms with van der Waals surface area (Å²) in [6.45, 7) is 7.75. The molecular weight excluding hydrogens is 514 g/mol. The van der Waals surface area contributed by atoms with Gasteiger partial charge < -0.3 is 8.98 Å². The Hall–Kier alpha value is -6.10. The smallest absolute Gasteiger partial charge is 0.196 e. The summed E-state index contributed by atoms with van der Waals surface area (Å²) < 4.78 is 8.60. The van der Waals surface area contributed by atoms with Gasteiger partial charge in [0.05, 0.1) is 23.7 Å². The molecule has 0 bridgehead atoms. The van der Waals surface area contributed by atoms with Crippen LogP contribution in [0.4, 0.5) is 5.69 Å². The molecule has 8 aromatic rings. The van der Waals surface area contributed by atoms with Gasteiger partial charge in [-0.1, -0.05) is 78.9 Å². The molecule has 0 N–H and O–H groups in total. The fourth-order valence-corrected chi connectivity index (χ4v) is 6.16. The van der Waals surface area contributed by atoms with E-state index in [1.165, 1.54) is 0 Å². The first kappa shape index (κ1) is 23.8. The third-order valence-electron chi connectivity index (χ3n) is 8.05. The summed E-state index contributed by atoms with van der Waals surface area (Å²) in [4.78, 5) is 3.73. The predicted octanol–water partition coefficient (Wildman–Crippen LogP) is 10.4. The van der Waals surface area contributed by atoms with Crippen LogP contribution >= 0.6 is 0 Å². The highest BCUT2D eigenvalue weighted by atomic mass is 16.3. The molecule has 4 nitrogen and oxygen atoms in total. The highest BCUT2D eigenvalue weighted by Crippen LogP contribution is 2.41. The lowest BCUT2D eigenvalue weighted by Crippen LogP contribution is -1.94. The largest absolute Gasteiger partial charge is 0.456 e. The second-order valence-corrected chi connectivity index (χ2v) is 10.4. The molecule has 0 atom stereocenters. The number of aromatic nitrogens is 1. The van der Waals surface area contributed by atoms with Crippen molar-refractivity contribution in [3.8, 4) is 34.0 Å². The first-order valence-electron chi connectivity index (χ1n) is 13.7. The van der Waals surface area contributed by atoms with Gasteiger partial charge >= 0.3 is 0 Å². The van der Waals surface area contributed by atoms with Crippen molar-refractivity contribution in [1.82, 2.24) is 4.57 Å². The van der Waals surface area contributed by atoms with Gasteiger partial charge in [0.15, 0.2) is 5.69 Å². The lowest BCUT2D eigenvalue weighted by molar-refractivity contribution is 0.669. The molecule has 2 heterocycles. The maximum absolute atomic E-state index is 9.88. The summed E-state index contributed by atoms with van der Waals surface area (Å²) in [6.07, 6.45) is 0. The van der Waals surface area contributed by atoms with Gasteiger partial charge in [-0.15, -0.1) is 0 Å². The molecular formula is C38H21N3O. The van der Waals surface area contributed by atoms with Gasteiger partial charge in [-0.3, -0.25) is 0 Å². The first-order chi connectivity index (χ1) is 20.7. The molecule has 0 aliphatic heterocycles. The Morgan fingerprint density at radius 3 is 2.24 bits per heavy atom. The van der Waals surface area contributed by atoms with Crippen LogP contribution in [0.3, 0.4) is 0 Å². The van der Waals surface area contributed by atoms with Crippen molar-refractivity contribution in [3.63, 3.8) is 0 Å². The second-order valence-electron chi connectivity index (χ2n) is 10.4. The van der Waals surface area contributed by atoms with E-state index in [0.717, 1.165) is 66.1 Å². The average Bonchev–Trinajstić information content (AvgIpc) is 3.58. The molecule has 6 aromatic carbocycles. The number of benzene rings is 6. The first-order valence-corrected chi connectivity index (χ1v) is 13.7. The summed E-state index contributed by atoms with van der Waals surface area (Å²) in [5.74, 6) is 0. The topological polar surface area (TPSA) is 46.2 Å². The molecule has 8 rings (SSSR count). The summed E-state index contributed by atoms with van der Waals surface area (Å²) in [5, 5.41) is 14.1. The van der Waals surface area contributed by atoms with Crippen LogP contribution in [0.25, 0.3) is 76.5 Å². The van der Waals surface area contributed by atoms with Crippen LogP contribution in [0, 0.1) is 17.9 Å². The molecule has 0 saturated heterocycles. The van der Waals surface area contributed by atoms with E-state index < -0.39 is 0 Å². The molecule has 0 unspecified atom stereocenters. The number of hydrogen-bond donors (Lipinski definition) is 0. The molecule has 194 valence electrons. The van der Waals surface area contributed by atoms with Crippen molar-refractivity contribution in [3.05, 3.63) is 144 Å². The number of furan rings is 1. The highest BCUT2D eigenvalue weighted by Gasteiger charge is 2.19. The Labute approximate surface area is 241 Å². The quantitative estimate of drug-likeness (QED) is 0.211. The van der Waals surface area contributed by atoms with E-state index >= 15 is 0 Å². The lowest BCUT2D eigenvalue weighted by Gasteiger charge is -2.11. The molecule has 4 heteroatoms. The van der Waals surface area contributed by atoms with Crippen molar-refractivity contribution < 1.29 is 4.42 Å². The summed E-state index contributed by atoms with van der Waals surface area (Å²) in [5.41, 5.74) is 9.58. The second kappa shape index (κ2) is 9.24. The van der Waals surface area contributed by atoms with E-state index in [-0.39, 0.29) is 0 Å². The molecule has 0 amide bonds. The van der Waals surface area contributed by atoms with Gasteiger partial charge in [-0.25, -0.2) is 4.85 Å². The van der Waals surface area contributed by atoms with E-state index in [1.54, 1.807) is 18.2 Å². The number of nitrogens with zero attached hydrogens (tertiary/aromatic N) is 3. The molecule has 0 aliphatic carbocycles. The van der Waals surface area contributed by atoms with Gasteiger partial charge in [-0.2, -0.15) is 5.26 Å². The highest BCUT2D eigenvalue weighted by molar-refractivity contribution is 6.17. The minimum Gasteiger partial charge on any atom is -0.456 e. The van der Waals surface area contributed by atoms with Crippen LogP contribution in [0.2, 0.25) is 0 Å². The average molecular weight is 536 g/mol. The molecule has 0 fully saturated rings. The summed E-state index contributed by atoms with van der Waals surface area (Å²) >= 11 is 0. The maximum Gasteiger partial charge on any atom is 0.196 e. The van der Waals surface area contributed by atoms with Gasteiger partial charge in [0, 0.05) is 38.4 Å². The Bertz CT molecular complexity index is 2400. The van der Waals surface area contributed by atoms with Crippen LogP contribution in [-0.2, 0) is 0 Å². The van der Waals surface area contributed by atoms with E-state index in [0.29, 0.717) is 16.8 Å². The molecule has 0 spiro atoms. The number of para-hydroxylation sites is 1. The fourth-order valence-electron chi connectivity index (χ4n) is 6.16. The van der Waals surface area contributed by atoms with Crippen LogP contribution in [0.5, 0.6) is 0 Å². The van der Waals surface area contributed by atoms with Crippen LogP contribution < -0.4 is 0 Å². The molecule has 0 saturated carbocycles. The van der Waals surface area contributed by atoms with Gasteiger partial charge in [0.2, 0.25) is 0 Å². The lowest BCUT2D eigenvalue weighted by atomic mass is 9.96. The molecule has 42 heavy (non-hydrogen) atoms. The van der Waals surface area contributed by atoms with Crippen LogP contribution in [0.15, 0.2) is 132 Å². The zero-order chi connectivity index (χ0) is 28.2. The van der Waals surface area contributed by atoms with E-state index in [2.05, 4.69) is 94.3 Å². The third-order valence-corrected chi connectivity index (χ3v) is 8.05. The minimum absolute atomic E-state index is 0.465. The Kier molecular flexibility index (Phi) is 5.22. The van der Waals surface area contributed by atoms with Crippen molar-refractivity contribution >= 4 is 49.4 Å². The molecule has 0 aliphatic rings. The standard InChI is InChI=1S/C38H21N3O/c1-40-33-15-8-12-27(23-39)38(33)26-17-18-34-30(20-26)31-22-37-32(29-14-5-6-16-36(29)42-37)21-35(31)41(34)28-13-7-11-25(19-28)24-9-3-2-4-10-24/h2-22H. The summed E-state index contributed by atoms with van der Waals surface area (Å²) in [6, 6.07) is 45.3. The normalized spacial score (nSPS) is 11.3. The third kappa shape index (κ3) is 3.53. The number of hydrogen-bond acceptors (Lipinski definition) is 2. The van der Waals surface area contributed by atoms with Crippen molar-refractivity contribution in [1.29, 1.82) is 5.26 Å². The van der Waals surface area contributed by atoms with E-state index in [9.17, 15) is 5.26 Å². The van der Waals surface area contributed by atoms with Crippen molar-refractivity contribution in [2.24, 2.45) is 0 Å². The van der Waals surface area contributed by atoms with Gasteiger partial charge in [0.1, 0.15) is 11.2 Å². The molecule has 2 aromatic heterocycles. The Morgan fingerprint density at radius 1 is 0.595 bits per heavy atom. The molecule has 0 radical (unpaired) electrons. The van der Waals surface area contributed by atoms with Gasteiger partial charge in [-0.05, 0) is 65.2 Å². The van der Waals surface area contributed by atoms with E-state index in [4.69, 9.17) is 11.0 Å². The number of rotatable bonds is 3. The predicted molar refractivity (Wildman–Crippen MR) is 170 cm³/mol. The minimum atomic E-state index is 0.465. The van der Waals surface area contributed by atoms with Gasteiger partial charge in [0.25, 0.3) is 0 Å². The van der Waals surface area contributed by atoms with Crippen LogP contribution in [-0.4, -0.2) is 4.57 Å². The Morgan fingerprint density at radius 2 is 1.38 bits per heavy atom. The Balaban J connectivity index is 1.47. The number of fused-ring (bicyclic) bond motifs is 6. The zero-order valence-electron chi connectivity index (χ0n) is 22.4. The monoisotopic (exact) mass is 535 g/mol. The maximum atomic E-state index is 9.88. The van der Waals surface area contributed by atoms with Crippen LogP contribution in [0.1, 0.15) is 5.56 Å².